The van der Waals surface area contributed by atoms with Crippen LogP contribution in [0.4, 0.5) is 11.4 Å². The van der Waals surface area contributed by atoms with E-state index in [1.54, 1.807) is 73.7 Å². The highest BCUT2D eigenvalue weighted by Gasteiger charge is 2.16. The van der Waals surface area contributed by atoms with Crippen LogP contribution in [0.2, 0.25) is 0 Å². The van der Waals surface area contributed by atoms with Crippen LogP contribution in [0.3, 0.4) is 0 Å². The zero-order chi connectivity index (χ0) is 36.6. The van der Waals surface area contributed by atoms with Crippen molar-refractivity contribution in [2.45, 2.75) is 33.6 Å². The summed E-state index contributed by atoms with van der Waals surface area (Å²) in [5.41, 5.74) is 2.76. The fourth-order valence-corrected chi connectivity index (χ4v) is 4.64. The van der Waals surface area contributed by atoms with Crippen LogP contribution in [0, 0.1) is 12.8 Å². The van der Waals surface area contributed by atoms with Crippen LogP contribution >= 0.6 is 0 Å². The van der Waals surface area contributed by atoms with Crippen LogP contribution in [-0.4, -0.2) is 57.4 Å². The van der Waals surface area contributed by atoms with Crippen molar-refractivity contribution < 1.29 is 47.6 Å². The van der Waals surface area contributed by atoms with Gasteiger partial charge in [0.25, 0.3) is 0 Å². The van der Waals surface area contributed by atoms with Crippen LogP contribution in [0.15, 0.2) is 101 Å². The summed E-state index contributed by atoms with van der Waals surface area (Å²) in [4.78, 5) is 48.9. The van der Waals surface area contributed by atoms with E-state index in [1.807, 2.05) is 13.8 Å². The number of aryl methyl sites for hydroxylation is 1. The number of carbonyl (C=O) groups is 4. The van der Waals surface area contributed by atoms with Gasteiger partial charge in [-0.3, -0.25) is 4.79 Å². The van der Waals surface area contributed by atoms with Gasteiger partial charge in [0.1, 0.15) is 30.5 Å². The Hall–Kier alpha value is -5.88. The van der Waals surface area contributed by atoms with Gasteiger partial charge in [-0.05, 0) is 116 Å². The first-order valence-corrected chi connectivity index (χ1v) is 16.4. The Morgan fingerprint density at radius 3 is 1.75 bits per heavy atom. The van der Waals surface area contributed by atoms with Gasteiger partial charge in [-0.1, -0.05) is 13.8 Å². The summed E-state index contributed by atoms with van der Waals surface area (Å²) in [6.07, 6.45) is 1.50. The lowest BCUT2D eigenvalue weighted by Gasteiger charge is -2.12. The molecule has 12 heteroatoms. The number of benzene rings is 4. The molecule has 4 aromatic rings. The Kier molecular flexibility index (Phi) is 14.4. The highest BCUT2D eigenvalue weighted by Crippen LogP contribution is 2.27. The van der Waals surface area contributed by atoms with E-state index in [0.29, 0.717) is 46.2 Å². The monoisotopic (exact) mass is 696 g/mol. The first-order valence-electron chi connectivity index (χ1n) is 16.4. The molecule has 0 unspecified atom stereocenters. The Bertz CT molecular complexity index is 1800. The number of ether oxygens (including phenoxy) is 6. The van der Waals surface area contributed by atoms with Crippen molar-refractivity contribution in [3.63, 3.8) is 0 Å². The minimum absolute atomic E-state index is 0.0768. The van der Waals surface area contributed by atoms with Crippen LogP contribution in [-0.2, 0) is 19.0 Å². The highest BCUT2D eigenvalue weighted by atomic mass is 16.6. The molecule has 0 aliphatic rings. The molecular weight excluding hydrogens is 656 g/mol. The van der Waals surface area contributed by atoms with Gasteiger partial charge in [-0.15, -0.1) is 0 Å². The van der Waals surface area contributed by atoms with Gasteiger partial charge < -0.3 is 28.4 Å². The first kappa shape index (κ1) is 37.9. The molecule has 0 amide bonds. The largest absolute Gasteiger partial charge is 0.491 e. The molecule has 0 bridgehead atoms. The SMILES string of the molecule is CCC(CC)C(=O)OCCOCCOc1ccc(C(=O)Oc2ccc(C(=O)Oc3ccc(N=Nc4ccc(C(=O)OC)cc4)cc3C)cc2)cc1. The van der Waals surface area contributed by atoms with Crippen molar-refractivity contribution in [1.29, 1.82) is 0 Å². The van der Waals surface area contributed by atoms with Gasteiger partial charge in [0.2, 0.25) is 0 Å². The second kappa shape index (κ2) is 19.3. The Morgan fingerprint density at radius 2 is 1.14 bits per heavy atom. The molecule has 4 aromatic carbocycles. The summed E-state index contributed by atoms with van der Waals surface area (Å²) in [5.74, 6) is -0.710. The molecule has 0 N–H and O–H groups in total. The number of nitrogens with zero attached hydrogens (tertiary/aromatic N) is 2. The van der Waals surface area contributed by atoms with E-state index in [2.05, 4.69) is 10.2 Å². The first-order chi connectivity index (χ1) is 24.7. The summed E-state index contributed by atoms with van der Waals surface area (Å²) in [7, 11) is 1.32. The van der Waals surface area contributed by atoms with E-state index >= 15 is 0 Å². The van der Waals surface area contributed by atoms with E-state index < -0.39 is 17.9 Å². The predicted molar refractivity (Wildman–Crippen MR) is 187 cm³/mol. The van der Waals surface area contributed by atoms with Crippen LogP contribution in [0.25, 0.3) is 0 Å². The molecule has 0 heterocycles. The van der Waals surface area contributed by atoms with Gasteiger partial charge in [0.05, 0.1) is 54.3 Å². The third-order valence-electron chi connectivity index (χ3n) is 7.61. The fraction of sp³-hybridized carbons (Fsp3) is 0.282. The molecule has 0 aromatic heterocycles. The third-order valence-corrected chi connectivity index (χ3v) is 7.61. The maximum atomic E-state index is 12.8. The van der Waals surface area contributed by atoms with Gasteiger partial charge >= 0.3 is 23.9 Å². The number of carbonyl (C=O) groups excluding carboxylic acids is 4. The minimum atomic E-state index is -0.586. The molecule has 12 nitrogen and oxygen atoms in total. The van der Waals surface area contributed by atoms with Crippen molar-refractivity contribution in [1.82, 2.24) is 0 Å². The molecule has 0 fully saturated rings. The van der Waals surface area contributed by atoms with E-state index in [1.165, 1.54) is 31.4 Å². The van der Waals surface area contributed by atoms with E-state index in [4.69, 9.17) is 28.4 Å². The van der Waals surface area contributed by atoms with Gasteiger partial charge in [-0.25, -0.2) is 14.4 Å². The zero-order valence-electron chi connectivity index (χ0n) is 29.0. The molecular formula is C39H40N2O10. The van der Waals surface area contributed by atoms with Crippen molar-refractivity contribution in [3.8, 4) is 17.2 Å². The topological polar surface area (TPSA) is 148 Å². The van der Waals surface area contributed by atoms with Crippen LogP contribution in [0.5, 0.6) is 17.2 Å². The number of esters is 4. The lowest BCUT2D eigenvalue weighted by atomic mass is 10.0. The number of azo groups is 1. The highest BCUT2D eigenvalue weighted by molar-refractivity contribution is 5.93. The second-order valence-corrected chi connectivity index (χ2v) is 11.2. The van der Waals surface area contributed by atoms with Crippen molar-refractivity contribution in [2.24, 2.45) is 16.1 Å². The summed E-state index contributed by atoms with van der Waals surface area (Å²) < 4.78 is 32.0. The molecule has 0 aliphatic carbocycles. The molecule has 266 valence electrons. The predicted octanol–water partition coefficient (Wildman–Crippen LogP) is 8.01. The number of hydrogen-bond donors (Lipinski definition) is 0. The zero-order valence-corrected chi connectivity index (χ0v) is 29.0. The van der Waals surface area contributed by atoms with E-state index in [9.17, 15) is 19.2 Å². The average Bonchev–Trinajstić information content (AvgIpc) is 3.15. The Balaban J connectivity index is 1.19. The van der Waals surface area contributed by atoms with Crippen LogP contribution < -0.4 is 14.2 Å². The van der Waals surface area contributed by atoms with Crippen LogP contribution in [0.1, 0.15) is 63.3 Å². The average molecular weight is 697 g/mol. The molecule has 51 heavy (non-hydrogen) atoms. The van der Waals surface area contributed by atoms with Gasteiger partial charge in [0.15, 0.2) is 0 Å². The summed E-state index contributed by atoms with van der Waals surface area (Å²) >= 11 is 0. The van der Waals surface area contributed by atoms with Crippen molar-refractivity contribution >= 4 is 35.3 Å². The molecule has 0 saturated carbocycles. The van der Waals surface area contributed by atoms with Gasteiger partial charge in [-0.2, -0.15) is 10.2 Å². The third kappa shape index (κ3) is 11.6. The number of hydrogen-bond acceptors (Lipinski definition) is 12. The quantitative estimate of drug-likeness (QED) is 0.0460. The number of rotatable bonds is 17. The molecule has 0 spiro atoms. The molecule has 4 rings (SSSR count). The van der Waals surface area contributed by atoms with E-state index in [0.717, 1.165) is 12.8 Å². The molecule has 0 aliphatic heterocycles. The molecule has 0 radical (unpaired) electrons. The minimum Gasteiger partial charge on any atom is -0.491 e. The second-order valence-electron chi connectivity index (χ2n) is 11.2. The summed E-state index contributed by atoms with van der Waals surface area (Å²) in [6.45, 7) is 6.77. The lowest BCUT2D eigenvalue weighted by Crippen LogP contribution is -2.19. The van der Waals surface area contributed by atoms with Crippen molar-refractivity contribution in [2.75, 3.05) is 33.5 Å². The van der Waals surface area contributed by atoms with E-state index in [-0.39, 0.29) is 43.0 Å². The summed E-state index contributed by atoms with van der Waals surface area (Å²) in [5, 5.41) is 8.38. The lowest BCUT2D eigenvalue weighted by molar-refractivity contribution is -0.150. The smallest absolute Gasteiger partial charge is 0.343 e. The maximum Gasteiger partial charge on any atom is 0.343 e. The normalized spacial score (nSPS) is 10.9. The van der Waals surface area contributed by atoms with Gasteiger partial charge in [0, 0.05) is 0 Å². The fourth-order valence-electron chi connectivity index (χ4n) is 4.64. The summed E-state index contributed by atoms with van der Waals surface area (Å²) in [6, 6.07) is 24.0. The number of methoxy groups -OCH3 is 1. The van der Waals surface area contributed by atoms with Crippen molar-refractivity contribution in [3.05, 3.63) is 113 Å². The molecule has 0 saturated heterocycles. The standard InChI is InChI=1S/C39H40N2O10/c1-5-27(6-2)37(43)49-24-22-47-21-23-48-33-16-9-29(10-17-33)38(44)50-34-18-11-30(12-19-34)39(45)51-35-20-15-32(25-26(35)3)41-40-31-13-7-28(8-14-31)36(42)46-4/h7-20,25,27H,5-6,21-24H2,1-4H3. The Labute approximate surface area is 296 Å². The molecule has 0 atom stereocenters. The maximum absolute atomic E-state index is 12.8. The Morgan fingerprint density at radius 1 is 0.608 bits per heavy atom.